The molecule has 0 amide bonds. The van der Waals surface area contributed by atoms with Crippen LogP contribution in [0, 0.1) is 11.6 Å². The topological polar surface area (TPSA) is 43.4 Å². The predicted octanol–water partition coefficient (Wildman–Crippen LogP) is 2.49. The van der Waals surface area contributed by atoms with Gasteiger partial charge in [0.05, 0.1) is 11.7 Å². The van der Waals surface area contributed by atoms with E-state index < -0.39 is 29.8 Å². The number of hydrogen-bond acceptors (Lipinski definition) is 3. The summed E-state index contributed by atoms with van der Waals surface area (Å²) in [6, 6.07) is 2.57. The maximum absolute atomic E-state index is 13.2. The molecule has 0 spiro atoms. The second-order valence-electron chi connectivity index (χ2n) is 3.76. The van der Waals surface area contributed by atoms with Gasteiger partial charge in [0.2, 0.25) is 0 Å². The molecule has 0 atom stereocenters. The number of halogens is 2. The van der Waals surface area contributed by atoms with Crippen molar-refractivity contribution >= 4 is 11.8 Å². The lowest BCUT2D eigenvalue weighted by Gasteiger charge is -2.07. The molecule has 3 nitrogen and oxygen atoms in total. The lowest BCUT2D eigenvalue weighted by molar-refractivity contribution is -0.146. The highest BCUT2D eigenvalue weighted by Gasteiger charge is 2.17. The van der Waals surface area contributed by atoms with Crippen LogP contribution in [0.25, 0.3) is 0 Å². The van der Waals surface area contributed by atoms with Crippen molar-refractivity contribution < 1.29 is 23.1 Å². The summed E-state index contributed by atoms with van der Waals surface area (Å²) >= 11 is 0. The molecule has 1 rings (SSSR count). The van der Waals surface area contributed by atoms with E-state index in [2.05, 4.69) is 0 Å². The Kier molecular flexibility index (Phi) is 4.31. The van der Waals surface area contributed by atoms with Gasteiger partial charge in [-0.1, -0.05) is 0 Å². The van der Waals surface area contributed by atoms with Crippen molar-refractivity contribution in [3.8, 4) is 0 Å². The van der Waals surface area contributed by atoms with Crippen molar-refractivity contribution in [1.29, 1.82) is 0 Å². The van der Waals surface area contributed by atoms with Gasteiger partial charge in [0, 0.05) is 6.07 Å². The average molecular weight is 242 g/mol. The Bertz CT molecular complexity index is 441. The van der Waals surface area contributed by atoms with Crippen molar-refractivity contribution in [3.63, 3.8) is 0 Å². The first-order valence-electron chi connectivity index (χ1n) is 5.08. The van der Waals surface area contributed by atoms with Crippen LogP contribution < -0.4 is 0 Å². The third-order valence-electron chi connectivity index (χ3n) is 1.90. The first-order valence-corrected chi connectivity index (χ1v) is 5.08. The number of benzene rings is 1. The standard InChI is InChI=1S/C12H12F2O3/c1-7(2)17-12(16)6-11(15)9-4-3-8(13)5-10(9)14/h3-5,7H,6H2,1-2H3. The number of ether oxygens (including phenoxy) is 1. The first kappa shape index (κ1) is 13.3. The summed E-state index contributed by atoms with van der Waals surface area (Å²) in [7, 11) is 0. The maximum atomic E-state index is 13.2. The molecule has 17 heavy (non-hydrogen) atoms. The van der Waals surface area contributed by atoms with Gasteiger partial charge in [-0.15, -0.1) is 0 Å². The molecule has 92 valence electrons. The molecule has 0 saturated carbocycles. The Balaban J connectivity index is 2.73. The highest BCUT2D eigenvalue weighted by atomic mass is 19.1. The van der Waals surface area contributed by atoms with Crippen molar-refractivity contribution in [2.24, 2.45) is 0 Å². The first-order chi connectivity index (χ1) is 7.90. The fourth-order valence-electron chi connectivity index (χ4n) is 1.25. The minimum atomic E-state index is -0.979. The van der Waals surface area contributed by atoms with Crippen molar-refractivity contribution in [2.45, 2.75) is 26.4 Å². The van der Waals surface area contributed by atoms with Gasteiger partial charge in [0.1, 0.15) is 18.1 Å². The molecular weight excluding hydrogens is 230 g/mol. The lowest BCUT2D eigenvalue weighted by atomic mass is 10.1. The summed E-state index contributed by atoms with van der Waals surface area (Å²) in [4.78, 5) is 22.7. The molecule has 0 radical (unpaired) electrons. The summed E-state index contributed by atoms with van der Waals surface area (Å²) in [6.07, 6.45) is -0.894. The molecule has 0 fully saturated rings. The number of Topliss-reactive ketones (excluding diaryl/α,β-unsaturated/α-hetero) is 1. The minimum Gasteiger partial charge on any atom is -0.463 e. The number of esters is 1. The summed E-state index contributed by atoms with van der Waals surface area (Å²) in [5.74, 6) is -3.21. The van der Waals surface area contributed by atoms with Crippen LogP contribution in [0.3, 0.4) is 0 Å². The zero-order valence-electron chi connectivity index (χ0n) is 9.50. The van der Waals surface area contributed by atoms with Crippen molar-refractivity contribution in [1.82, 2.24) is 0 Å². The minimum absolute atomic E-state index is 0.313. The van der Waals surface area contributed by atoms with Gasteiger partial charge in [0.25, 0.3) is 0 Å². The van der Waals surface area contributed by atoms with E-state index in [-0.39, 0.29) is 11.7 Å². The molecule has 0 heterocycles. The van der Waals surface area contributed by atoms with Crippen molar-refractivity contribution in [2.75, 3.05) is 0 Å². The maximum Gasteiger partial charge on any atom is 0.313 e. The monoisotopic (exact) mass is 242 g/mol. The summed E-state index contributed by atoms with van der Waals surface area (Å²) < 4.78 is 30.6. The molecule has 0 aromatic heterocycles. The second kappa shape index (κ2) is 5.52. The highest BCUT2D eigenvalue weighted by Crippen LogP contribution is 2.12. The van der Waals surface area contributed by atoms with E-state index in [1.54, 1.807) is 13.8 Å². The van der Waals surface area contributed by atoms with E-state index in [9.17, 15) is 18.4 Å². The van der Waals surface area contributed by atoms with Crippen LogP contribution in [-0.4, -0.2) is 17.9 Å². The fraction of sp³-hybridized carbons (Fsp3) is 0.333. The summed E-state index contributed by atoms with van der Waals surface area (Å²) in [6.45, 7) is 3.28. The molecule has 0 N–H and O–H groups in total. The van der Waals surface area contributed by atoms with E-state index >= 15 is 0 Å². The molecule has 0 aliphatic heterocycles. The van der Waals surface area contributed by atoms with Crippen LogP contribution in [0.4, 0.5) is 8.78 Å². The molecule has 0 unspecified atom stereocenters. The van der Waals surface area contributed by atoms with E-state index in [0.717, 1.165) is 12.1 Å². The molecule has 0 aliphatic carbocycles. The lowest BCUT2D eigenvalue weighted by Crippen LogP contribution is -2.16. The third kappa shape index (κ3) is 3.94. The molecule has 1 aromatic carbocycles. The Morgan fingerprint density at radius 1 is 1.29 bits per heavy atom. The SMILES string of the molecule is CC(C)OC(=O)CC(=O)c1ccc(F)cc1F. The normalized spacial score (nSPS) is 10.4. The summed E-state index contributed by atoms with van der Waals surface area (Å²) in [5.41, 5.74) is -0.313. The molecule has 5 heteroatoms. The van der Waals surface area contributed by atoms with E-state index in [4.69, 9.17) is 4.74 Å². The third-order valence-corrected chi connectivity index (χ3v) is 1.90. The van der Waals surface area contributed by atoms with Gasteiger partial charge in [0.15, 0.2) is 5.78 Å². The van der Waals surface area contributed by atoms with Crippen molar-refractivity contribution in [3.05, 3.63) is 35.4 Å². The average Bonchev–Trinajstić information content (AvgIpc) is 2.15. The fourth-order valence-corrected chi connectivity index (χ4v) is 1.25. The zero-order valence-corrected chi connectivity index (χ0v) is 9.50. The predicted molar refractivity (Wildman–Crippen MR) is 56.5 cm³/mol. The van der Waals surface area contributed by atoms with Crippen LogP contribution in [-0.2, 0) is 9.53 Å². The van der Waals surface area contributed by atoms with Gasteiger partial charge < -0.3 is 4.74 Å². The van der Waals surface area contributed by atoms with Gasteiger partial charge in [-0.3, -0.25) is 9.59 Å². The van der Waals surface area contributed by atoms with E-state index in [0.29, 0.717) is 6.07 Å². The zero-order chi connectivity index (χ0) is 13.0. The Morgan fingerprint density at radius 2 is 1.94 bits per heavy atom. The van der Waals surface area contributed by atoms with E-state index in [1.807, 2.05) is 0 Å². The molecule has 0 saturated heterocycles. The van der Waals surface area contributed by atoms with Crippen LogP contribution in [0.2, 0.25) is 0 Å². The van der Waals surface area contributed by atoms with Crippen LogP contribution >= 0.6 is 0 Å². The Hall–Kier alpha value is -1.78. The highest BCUT2D eigenvalue weighted by molar-refractivity contribution is 6.06. The molecular formula is C12H12F2O3. The van der Waals surface area contributed by atoms with Gasteiger partial charge in [-0.25, -0.2) is 8.78 Å². The molecule has 1 aromatic rings. The van der Waals surface area contributed by atoms with Crippen LogP contribution in [0.5, 0.6) is 0 Å². The second-order valence-corrected chi connectivity index (χ2v) is 3.76. The van der Waals surface area contributed by atoms with Gasteiger partial charge in [-0.05, 0) is 26.0 Å². The largest absolute Gasteiger partial charge is 0.463 e. The molecule has 0 aliphatic rings. The smallest absolute Gasteiger partial charge is 0.313 e. The number of hydrogen-bond donors (Lipinski definition) is 0. The van der Waals surface area contributed by atoms with Gasteiger partial charge in [-0.2, -0.15) is 0 Å². The van der Waals surface area contributed by atoms with E-state index in [1.165, 1.54) is 0 Å². The summed E-state index contributed by atoms with van der Waals surface area (Å²) in [5, 5.41) is 0. The number of carbonyl (C=O) groups excluding carboxylic acids is 2. The molecule has 0 bridgehead atoms. The quantitative estimate of drug-likeness (QED) is 0.463. The Labute approximate surface area is 97.4 Å². The van der Waals surface area contributed by atoms with Gasteiger partial charge >= 0.3 is 5.97 Å². The number of ketones is 1. The van der Waals surface area contributed by atoms with Crippen LogP contribution in [0.1, 0.15) is 30.6 Å². The number of carbonyl (C=O) groups is 2. The Morgan fingerprint density at radius 3 is 2.47 bits per heavy atom. The number of rotatable bonds is 4. The van der Waals surface area contributed by atoms with Crippen LogP contribution in [0.15, 0.2) is 18.2 Å².